The van der Waals surface area contributed by atoms with Crippen molar-refractivity contribution in [3.05, 3.63) is 83.9 Å². The molecular formula is C24H22N2O5. The maximum absolute atomic E-state index is 13.0. The maximum Gasteiger partial charge on any atom is 0.285 e. The van der Waals surface area contributed by atoms with E-state index in [-0.39, 0.29) is 0 Å². The summed E-state index contributed by atoms with van der Waals surface area (Å²) in [6.45, 7) is 0. The number of para-hydroxylation sites is 2. The van der Waals surface area contributed by atoms with E-state index >= 15 is 0 Å². The average Bonchev–Trinajstić information content (AvgIpc) is 2.83. The molecule has 0 radical (unpaired) electrons. The van der Waals surface area contributed by atoms with E-state index in [1.807, 2.05) is 48.5 Å². The number of hydrogen-bond acceptors (Lipinski definition) is 6. The van der Waals surface area contributed by atoms with Crippen LogP contribution in [0.4, 0.5) is 0 Å². The smallest absolute Gasteiger partial charge is 0.285 e. The van der Waals surface area contributed by atoms with Crippen LogP contribution in [0, 0.1) is 0 Å². The SMILES string of the molecule is COc1ccc(/C=N\NC(=O)[C@@H]2Oc3ccccc3O[C@@H]2c2ccccc2)c(OC)c1. The van der Waals surface area contributed by atoms with Crippen molar-refractivity contribution in [3.63, 3.8) is 0 Å². The molecule has 1 aliphatic heterocycles. The summed E-state index contributed by atoms with van der Waals surface area (Å²) in [6.07, 6.45) is -0.0141. The van der Waals surface area contributed by atoms with Crippen LogP contribution in [0.15, 0.2) is 77.9 Å². The molecule has 1 amide bonds. The third-order valence-corrected chi connectivity index (χ3v) is 4.84. The lowest BCUT2D eigenvalue weighted by Crippen LogP contribution is -2.44. The number of hydrogen-bond donors (Lipinski definition) is 1. The molecule has 2 atom stereocenters. The number of ether oxygens (including phenoxy) is 4. The molecule has 0 aliphatic carbocycles. The third-order valence-electron chi connectivity index (χ3n) is 4.84. The highest BCUT2D eigenvalue weighted by Crippen LogP contribution is 2.39. The molecule has 0 saturated carbocycles. The zero-order valence-electron chi connectivity index (χ0n) is 17.1. The molecule has 0 aromatic heterocycles. The van der Waals surface area contributed by atoms with Crippen molar-refractivity contribution < 1.29 is 23.7 Å². The summed E-state index contributed by atoms with van der Waals surface area (Å²) in [5.74, 6) is 1.91. The first-order chi connectivity index (χ1) is 15.2. The minimum absolute atomic E-state index is 0.424. The van der Waals surface area contributed by atoms with Crippen molar-refractivity contribution in [2.75, 3.05) is 14.2 Å². The van der Waals surface area contributed by atoms with Crippen LogP contribution in [-0.2, 0) is 4.79 Å². The third kappa shape index (κ3) is 4.45. The fourth-order valence-electron chi connectivity index (χ4n) is 3.27. The summed E-state index contributed by atoms with van der Waals surface area (Å²) < 4.78 is 22.6. The van der Waals surface area contributed by atoms with Gasteiger partial charge in [0.1, 0.15) is 11.5 Å². The van der Waals surface area contributed by atoms with Gasteiger partial charge in [0.05, 0.1) is 20.4 Å². The van der Waals surface area contributed by atoms with Crippen molar-refractivity contribution in [3.8, 4) is 23.0 Å². The number of rotatable bonds is 6. The highest BCUT2D eigenvalue weighted by Gasteiger charge is 2.38. The molecule has 158 valence electrons. The van der Waals surface area contributed by atoms with Gasteiger partial charge in [0.15, 0.2) is 17.6 Å². The first-order valence-corrected chi connectivity index (χ1v) is 9.72. The van der Waals surface area contributed by atoms with Gasteiger partial charge >= 0.3 is 0 Å². The second kappa shape index (κ2) is 9.21. The summed E-state index contributed by atoms with van der Waals surface area (Å²) in [4.78, 5) is 13.0. The van der Waals surface area contributed by atoms with Crippen molar-refractivity contribution in [2.45, 2.75) is 12.2 Å². The number of methoxy groups -OCH3 is 2. The highest BCUT2D eigenvalue weighted by atomic mass is 16.6. The van der Waals surface area contributed by atoms with Gasteiger partial charge in [-0.15, -0.1) is 0 Å². The first kappa shape index (κ1) is 20.3. The van der Waals surface area contributed by atoms with Gasteiger partial charge in [-0.3, -0.25) is 4.79 Å². The maximum atomic E-state index is 13.0. The molecule has 3 aromatic carbocycles. The topological polar surface area (TPSA) is 78.4 Å². The average molecular weight is 418 g/mol. The summed E-state index contributed by atoms with van der Waals surface area (Å²) in [5, 5.41) is 4.08. The quantitative estimate of drug-likeness (QED) is 0.487. The van der Waals surface area contributed by atoms with Crippen LogP contribution in [0.3, 0.4) is 0 Å². The molecular weight excluding hydrogens is 396 g/mol. The van der Waals surface area contributed by atoms with Gasteiger partial charge in [-0.05, 0) is 29.8 Å². The Morgan fingerprint density at radius 1 is 0.935 bits per heavy atom. The minimum Gasteiger partial charge on any atom is -0.497 e. The van der Waals surface area contributed by atoms with Gasteiger partial charge in [-0.1, -0.05) is 42.5 Å². The molecule has 7 heteroatoms. The Bertz CT molecular complexity index is 1080. The summed E-state index contributed by atoms with van der Waals surface area (Å²) in [7, 11) is 3.14. The van der Waals surface area contributed by atoms with E-state index in [4.69, 9.17) is 18.9 Å². The molecule has 0 fully saturated rings. The lowest BCUT2D eigenvalue weighted by Gasteiger charge is -2.32. The van der Waals surface area contributed by atoms with Crippen molar-refractivity contribution in [1.82, 2.24) is 5.43 Å². The molecule has 7 nitrogen and oxygen atoms in total. The van der Waals surface area contributed by atoms with E-state index in [0.717, 1.165) is 5.56 Å². The molecule has 1 aliphatic rings. The monoisotopic (exact) mass is 418 g/mol. The minimum atomic E-state index is -0.910. The fraction of sp³-hybridized carbons (Fsp3) is 0.167. The first-order valence-electron chi connectivity index (χ1n) is 9.72. The number of nitrogens with one attached hydrogen (secondary N) is 1. The van der Waals surface area contributed by atoms with E-state index in [0.29, 0.717) is 28.6 Å². The number of nitrogens with zero attached hydrogens (tertiary/aromatic N) is 1. The lowest BCUT2D eigenvalue weighted by molar-refractivity contribution is -0.134. The molecule has 3 aromatic rings. The Kier molecular flexibility index (Phi) is 6.03. The van der Waals surface area contributed by atoms with Gasteiger partial charge in [0, 0.05) is 11.6 Å². The van der Waals surface area contributed by atoms with E-state index < -0.39 is 18.1 Å². The van der Waals surface area contributed by atoms with Crippen LogP contribution in [0.25, 0.3) is 0 Å². The van der Waals surface area contributed by atoms with Crippen molar-refractivity contribution in [1.29, 1.82) is 0 Å². The van der Waals surface area contributed by atoms with Crippen molar-refractivity contribution >= 4 is 12.1 Å². The zero-order chi connectivity index (χ0) is 21.6. The second-order valence-electron chi connectivity index (χ2n) is 6.78. The van der Waals surface area contributed by atoms with Crippen LogP contribution >= 0.6 is 0 Å². The number of fused-ring (bicyclic) bond motifs is 1. The van der Waals surface area contributed by atoms with Gasteiger partial charge in [-0.2, -0.15) is 5.10 Å². The van der Waals surface area contributed by atoms with Crippen molar-refractivity contribution in [2.24, 2.45) is 5.10 Å². The molecule has 4 rings (SSSR count). The highest BCUT2D eigenvalue weighted by molar-refractivity contribution is 5.87. The predicted octanol–water partition coefficient (Wildman–Crippen LogP) is 3.74. The molecule has 0 spiro atoms. The van der Waals surface area contributed by atoms with E-state index in [9.17, 15) is 4.79 Å². The van der Waals surface area contributed by atoms with E-state index in [1.54, 1.807) is 38.5 Å². The van der Waals surface area contributed by atoms with Crippen LogP contribution in [0.1, 0.15) is 17.2 Å². The number of hydrazone groups is 1. The lowest BCUT2D eigenvalue weighted by atomic mass is 10.0. The zero-order valence-corrected chi connectivity index (χ0v) is 17.1. The van der Waals surface area contributed by atoms with Gasteiger partial charge in [0.25, 0.3) is 5.91 Å². The number of carbonyl (C=O) groups excluding carboxylic acids is 1. The largest absolute Gasteiger partial charge is 0.497 e. The Balaban J connectivity index is 1.54. The Labute approximate surface area is 180 Å². The van der Waals surface area contributed by atoms with Crippen LogP contribution in [-0.4, -0.2) is 32.4 Å². The van der Waals surface area contributed by atoms with E-state index in [2.05, 4.69) is 10.5 Å². The summed E-state index contributed by atoms with van der Waals surface area (Å²) in [5.41, 5.74) is 4.07. The fourth-order valence-corrected chi connectivity index (χ4v) is 3.27. The van der Waals surface area contributed by atoms with E-state index in [1.165, 1.54) is 6.21 Å². The van der Waals surface area contributed by atoms with Gasteiger partial charge in [0.2, 0.25) is 6.10 Å². The molecule has 31 heavy (non-hydrogen) atoms. The Morgan fingerprint density at radius 3 is 2.35 bits per heavy atom. The molecule has 1 N–H and O–H groups in total. The normalized spacial score (nSPS) is 17.2. The molecule has 0 unspecified atom stereocenters. The number of carbonyl (C=O) groups is 1. The second-order valence-corrected chi connectivity index (χ2v) is 6.78. The molecule has 1 heterocycles. The Morgan fingerprint density at radius 2 is 1.65 bits per heavy atom. The van der Waals surface area contributed by atoms with Gasteiger partial charge in [-0.25, -0.2) is 5.43 Å². The van der Waals surface area contributed by atoms with Gasteiger partial charge < -0.3 is 18.9 Å². The summed E-state index contributed by atoms with van der Waals surface area (Å²) >= 11 is 0. The molecule has 0 bridgehead atoms. The van der Waals surface area contributed by atoms with Crippen LogP contribution < -0.4 is 24.4 Å². The number of benzene rings is 3. The number of amides is 1. The van der Waals surface area contributed by atoms with Crippen LogP contribution in [0.5, 0.6) is 23.0 Å². The molecule has 0 saturated heterocycles. The Hall–Kier alpha value is -4.00. The standard InChI is InChI=1S/C24H22N2O5/c1-28-18-13-12-17(21(14-18)29-2)15-25-26-24(27)23-22(16-8-4-3-5-9-16)30-19-10-6-7-11-20(19)31-23/h3-15,22-23H,1-2H3,(H,26,27)/b25-15-/t22-,23-/m1/s1. The summed E-state index contributed by atoms with van der Waals surface area (Å²) in [6, 6.07) is 22.1. The van der Waals surface area contributed by atoms with Crippen LogP contribution in [0.2, 0.25) is 0 Å². The predicted molar refractivity (Wildman–Crippen MR) is 116 cm³/mol.